The zero-order valence-electron chi connectivity index (χ0n) is 10.3. The second kappa shape index (κ2) is 10.7. The van der Waals surface area contributed by atoms with Crippen molar-refractivity contribution in [2.45, 2.75) is 51.4 Å². The van der Waals surface area contributed by atoms with E-state index in [1.54, 1.807) is 7.11 Å². The van der Waals surface area contributed by atoms with E-state index in [1.807, 2.05) is 0 Å². The van der Waals surface area contributed by atoms with E-state index in [0.717, 1.165) is 25.9 Å². The minimum absolute atomic E-state index is 0.333. The summed E-state index contributed by atoms with van der Waals surface area (Å²) in [6, 6.07) is 0. The van der Waals surface area contributed by atoms with Gasteiger partial charge in [-0.25, -0.2) is 4.79 Å². The summed E-state index contributed by atoms with van der Waals surface area (Å²) < 4.78 is 4.97. The van der Waals surface area contributed by atoms with E-state index in [-0.39, 0.29) is 0 Å². The standard InChI is InChI=1S/C13H24O3/c1-12(13(14)15)10-8-6-4-3-5-7-9-11-16-2/h1,3-11H2,2H3,(H,14,15). The number of ether oxygens (including phenoxy) is 1. The molecule has 94 valence electrons. The third kappa shape index (κ3) is 9.71. The minimum Gasteiger partial charge on any atom is -0.478 e. The predicted octanol–water partition coefficient (Wildman–Crippen LogP) is 3.39. The van der Waals surface area contributed by atoms with E-state index in [2.05, 4.69) is 6.58 Å². The van der Waals surface area contributed by atoms with Gasteiger partial charge in [0, 0.05) is 19.3 Å². The molecule has 0 bridgehead atoms. The monoisotopic (exact) mass is 228 g/mol. The Kier molecular flexibility index (Phi) is 10.1. The molecule has 0 saturated heterocycles. The van der Waals surface area contributed by atoms with Crippen molar-refractivity contribution in [2.24, 2.45) is 0 Å². The van der Waals surface area contributed by atoms with Gasteiger partial charge < -0.3 is 9.84 Å². The zero-order chi connectivity index (χ0) is 12.2. The highest BCUT2D eigenvalue weighted by Crippen LogP contribution is 2.11. The molecule has 0 saturated carbocycles. The lowest BCUT2D eigenvalue weighted by Gasteiger charge is -2.02. The predicted molar refractivity (Wildman–Crippen MR) is 65.6 cm³/mol. The first-order valence-electron chi connectivity index (χ1n) is 6.08. The lowest BCUT2D eigenvalue weighted by atomic mass is 10.1. The van der Waals surface area contributed by atoms with Crippen LogP contribution >= 0.6 is 0 Å². The van der Waals surface area contributed by atoms with Gasteiger partial charge in [-0.15, -0.1) is 0 Å². The molecule has 0 aliphatic heterocycles. The Bertz CT molecular complexity index is 199. The van der Waals surface area contributed by atoms with Crippen molar-refractivity contribution >= 4 is 5.97 Å². The van der Waals surface area contributed by atoms with Crippen LogP contribution in [0.25, 0.3) is 0 Å². The van der Waals surface area contributed by atoms with Crippen LogP contribution in [0.1, 0.15) is 51.4 Å². The molecule has 0 radical (unpaired) electrons. The number of methoxy groups -OCH3 is 1. The maximum absolute atomic E-state index is 10.5. The van der Waals surface area contributed by atoms with Gasteiger partial charge in [-0.2, -0.15) is 0 Å². The highest BCUT2D eigenvalue weighted by molar-refractivity contribution is 5.85. The Morgan fingerprint density at radius 3 is 2.06 bits per heavy atom. The van der Waals surface area contributed by atoms with E-state index in [1.165, 1.54) is 25.7 Å². The molecule has 0 heterocycles. The molecule has 3 nitrogen and oxygen atoms in total. The van der Waals surface area contributed by atoms with Crippen molar-refractivity contribution in [3.63, 3.8) is 0 Å². The van der Waals surface area contributed by atoms with Gasteiger partial charge in [-0.05, 0) is 19.3 Å². The van der Waals surface area contributed by atoms with Crippen LogP contribution in [0.15, 0.2) is 12.2 Å². The third-order valence-corrected chi connectivity index (χ3v) is 2.63. The summed E-state index contributed by atoms with van der Waals surface area (Å²) in [7, 11) is 1.73. The van der Waals surface area contributed by atoms with Gasteiger partial charge in [0.1, 0.15) is 0 Å². The molecule has 0 rings (SSSR count). The molecular formula is C13H24O3. The van der Waals surface area contributed by atoms with E-state index in [0.29, 0.717) is 12.0 Å². The van der Waals surface area contributed by atoms with Crippen molar-refractivity contribution in [1.29, 1.82) is 0 Å². The number of rotatable bonds is 11. The summed E-state index contributed by atoms with van der Waals surface area (Å²) in [5.74, 6) is -0.862. The Labute approximate surface area is 98.5 Å². The van der Waals surface area contributed by atoms with Crippen molar-refractivity contribution < 1.29 is 14.6 Å². The topological polar surface area (TPSA) is 46.5 Å². The molecule has 0 aliphatic rings. The fraction of sp³-hybridized carbons (Fsp3) is 0.769. The summed E-state index contributed by atoms with van der Waals surface area (Å²) in [5, 5.41) is 8.59. The van der Waals surface area contributed by atoms with Gasteiger partial charge in [0.25, 0.3) is 0 Å². The summed E-state index contributed by atoms with van der Waals surface area (Å²) in [4.78, 5) is 10.5. The number of carboxylic acid groups (broad SMARTS) is 1. The van der Waals surface area contributed by atoms with Crippen LogP contribution in [0.3, 0.4) is 0 Å². The third-order valence-electron chi connectivity index (χ3n) is 2.63. The van der Waals surface area contributed by atoms with E-state index >= 15 is 0 Å². The molecule has 16 heavy (non-hydrogen) atoms. The van der Waals surface area contributed by atoms with Gasteiger partial charge >= 0.3 is 5.97 Å². The van der Waals surface area contributed by atoms with Crippen LogP contribution in [0.4, 0.5) is 0 Å². The zero-order valence-corrected chi connectivity index (χ0v) is 10.3. The first-order chi connectivity index (χ1) is 7.68. The average Bonchev–Trinajstić information content (AvgIpc) is 2.26. The molecule has 0 unspecified atom stereocenters. The van der Waals surface area contributed by atoms with Gasteiger partial charge in [0.2, 0.25) is 0 Å². The van der Waals surface area contributed by atoms with Crippen LogP contribution in [-0.2, 0) is 9.53 Å². The molecule has 0 aromatic heterocycles. The first-order valence-corrected chi connectivity index (χ1v) is 6.08. The molecule has 0 aromatic carbocycles. The highest BCUT2D eigenvalue weighted by atomic mass is 16.5. The normalized spacial score (nSPS) is 10.3. The van der Waals surface area contributed by atoms with E-state index in [4.69, 9.17) is 9.84 Å². The quantitative estimate of drug-likeness (QED) is 0.435. The molecule has 0 aliphatic carbocycles. The number of hydrogen-bond donors (Lipinski definition) is 1. The number of hydrogen-bond acceptors (Lipinski definition) is 2. The van der Waals surface area contributed by atoms with E-state index < -0.39 is 5.97 Å². The van der Waals surface area contributed by atoms with Crippen LogP contribution in [0.5, 0.6) is 0 Å². The second-order valence-electron chi connectivity index (χ2n) is 4.13. The van der Waals surface area contributed by atoms with Crippen molar-refractivity contribution in [2.75, 3.05) is 13.7 Å². The van der Waals surface area contributed by atoms with Crippen molar-refractivity contribution in [3.05, 3.63) is 12.2 Å². The molecule has 0 aromatic rings. The fourth-order valence-corrected chi connectivity index (χ4v) is 1.58. The summed E-state index contributed by atoms with van der Waals surface area (Å²) in [5.41, 5.74) is 0.333. The first kappa shape index (κ1) is 15.2. The average molecular weight is 228 g/mol. The molecule has 1 N–H and O–H groups in total. The fourth-order valence-electron chi connectivity index (χ4n) is 1.58. The molecule has 0 spiro atoms. The SMILES string of the molecule is C=C(CCCCCCCCCOC)C(=O)O. The lowest BCUT2D eigenvalue weighted by Crippen LogP contribution is -1.98. The summed E-state index contributed by atoms with van der Waals surface area (Å²) in [6.45, 7) is 4.37. The number of aliphatic carboxylic acids is 1. The van der Waals surface area contributed by atoms with Crippen LogP contribution < -0.4 is 0 Å². The molecule has 0 fully saturated rings. The highest BCUT2D eigenvalue weighted by Gasteiger charge is 2.02. The Hall–Kier alpha value is -0.830. The summed E-state index contributed by atoms with van der Waals surface area (Å²) >= 11 is 0. The Morgan fingerprint density at radius 2 is 1.56 bits per heavy atom. The number of carbonyl (C=O) groups is 1. The second-order valence-corrected chi connectivity index (χ2v) is 4.13. The van der Waals surface area contributed by atoms with Gasteiger partial charge in [-0.1, -0.05) is 38.7 Å². The Balaban J connectivity index is 3.10. The lowest BCUT2D eigenvalue weighted by molar-refractivity contribution is -0.132. The van der Waals surface area contributed by atoms with Crippen LogP contribution in [0.2, 0.25) is 0 Å². The smallest absolute Gasteiger partial charge is 0.330 e. The largest absolute Gasteiger partial charge is 0.478 e. The molecule has 0 amide bonds. The van der Waals surface area contributed by atoms with Crippen molar-refractivity contribution in [3.8, 4) is 0 Å². The maximum Gasteiger partial charge on any atom is 0.330 e. The van der Waals surface area contributed by atoms with Crippen molar-refractivity contribution in [1.82, 2.24) is 0 Å². The minimum atomic E-state index is -0.862. The molecule has 3 heteroatoms. The number of unbranched alkanes of at least 4 members (excludes halogenated alkanes) is 6. The van der Waals surface area contributed by atoms with E-state index in [9.17, 15) is 4.79 Å². The molecule has 0 atom stereocenters. The van der Waals surface area contributed by atoms with Gasteiger partial charge in [0.05, 0.1) is 0 Å². The summed E-state index contributed by atoms with van der Waals surface area (Å²) in [6.07, 6.45) is 8.74. The molecular weight excluding hydrogens is 204 g/mol. The van der Waals surface area contributed by atoms with Crippen LogP contribution in [-0.4, -0.2) is 24.8 Å². The van der Waals surface area contributed by atoms with Gasteiger partial charge in [0.15, 0.2) is 0 Å². The van der Waals surface area contributed by atoms with Gasteiger partial charge in [-0.3, -0.25) is 0 Å². The number of carboxylic acids is 1. The Morgan fingerprint density at radius 1 is 1.06 bits per heavy atom. The maximum atomic E-state index is 10.5. The van der Waals surface area contributed by atoms with Crippen LogP contribution in [0, 0.1) is 0 Å².